The Morgan fingerprint density at radius 2 is 1.92 bits per heavy atom. The number of nitrogens with one attached hydrogen (secondary N) is 1. The summed E-state index contributed by atoms with van der Waals surface area (Å²) in [6.07, 6.45) is 1.93. The van der Waals surface area contributed by atoms with Crippen molar-refractivity contribution < 1.29 is 18.3 Å². The number of carbonyl (C=O) groups excluding carboxylic acids is 1. The minimum absolute atomic E-state index is 0.152. The highest BCUT2D eigenvalue weighted by atomic mass is 19.1. The van der Waals surface area contributed by atoms with Gasteiger partial charge in [-0.15, -0.1) is 0 Å². The van der Waals surface area contributed by atoms with Crippen LogP contribution in [-0.4, -0.2) is 24.2 Å². The van der Waals surface area contributed by atoms with Crippen LogP contribution >= 0.6 is 0 Å². The Bertz CT molecular complexity index is 885. The molecule has 0 saturated heterocycles. The fraction of sp³-hybridized carbons (Fsp3) is 0.211. The van der Waals surface area contributed by atoms with E-state index in [1.165, 1.54) is 18.2 Å². The maximum absolute atomic E-state index is 13.6. The number of halogens is 2. The third-order valence-corrected chi connectivity index (χ3v) is 4.06. The maximum atomic E-state index is 13.6. The summed E-state index contributed by atoms with van der Waals surface area (Å²) in [5.74, 6) is -1.74. The molecular formula is C19H18F2N2O2. The number of nitrogens with zero attached hydrogens (tertiary/aromatic N) is 1. The molecule has 1 heterocycles. The van der Waals surface area contributed by atoms with E-state index in [0.717, 1.165) is 10.9 Å². The largest absolute Gasteiger partial charge is 0.383 e. The van der Waals surface area contributed by atoms with Crippen LogP contribution in [0.15, 0.2) is 48.7 Å². The van der Waals surface area contributed by atoms with Gasteiger partial charge >= 0.3 is 0 Å². The molecule has 1 aromatic heterocycles. The summed E-state index contributed by atoms with van der Waals surface area (Å²) in [6, 6.07) is 10.9. The topological polar surface area (TPSA) is 43.3 Å². The molecule has 0 atom stereocenters. The molecule has 0 spiro atoms. The number of ether oxygens (including phenoxy) is 1. The van der Waals surface area contributed by atoms with Crippen molar-refractivity contribution in [3.8, 4) is 0 Å². The van der Waals surface area contributed by atoms with Gasteiger partial charge < -0.3 is 14.6 Å². The van der Waals surface area contributed by atoms with Crippen LogP contribution in [0.25, 0.3) is 10.9 Å². The van der Waals surface area contributed by atoms with Crippen molar-refractivity contribution in [2.45, 2.75) is 13.1 Å². The van der Waals surface area contributed by atoms with E-state index in [1.807, 2.05) is 22.9 Å². The van der Waals surface area contributed by atoms with Crippen molar-refractivity contribution in [2.24, 2.45) is 0 Å². The standard InChI is InChI=1S/C19H18F2N2O2/c1-25-10-9-23-8-7-13-5-6-14(11-18(13)23)19(24)22-12-15-16(20)3-2-4-17(15)21/h2-8,11H,9-10,12H2,1H3,(H,22,24). The summed E-state index contributed by atoms with van der Waals surface area (Å²) in [5, 5.41) is 3.57. The summed E-state index contributed by atoms with van der Waals surface area (Å²) in [4.78, 5) is 12.3. The zero-order chi connectivity index (χ0) is 17.8. The number of hydrogen-bond donors (Lipinski definition) is 1. The third-order valence-electron chi connectivity index (χ3n) is 4.06. The first-order valence-corrected chi connectivity index (χ1v) is 7.89. The fourth-order valence-electron chi connectivity index (χ4n) is 2.68. The summed E-state index contributed by atoms with van der Waals surface area (Å²) >= 11 is 0. The van der Waals surface area contributed by atoms with Crippen LogP contribution in [0, 0.1) is 11.6 Å². The molecule has 0 aliphatic carbocycles. The van der Waals surface area contributed by atoms with E-state index in [1.54, 1.807) is 19.2 Å². The van der Waals surface area contributed by atoms with Crippen molar-refractivity contribution in [1.29, 1.82) is 0 Å². The zero-order valence-electron chi connectivity index (χ0n) is 13.8. The Kier molecular flexibility index (Phi) is 5.09. The van der Waals surface area contributed by atoms with Crippen LogP contribution in [0.3, 0.4) is 0 Å². The fourth-order valence-corrected chi connectivity index (χ4v) is 2.68. The van der Waals surface area contributed by atoms with Gasteiger partial charge in [-0.2, -0.15) is 0 Å². The molecule has 0 aliphatic heterocycles. The number of fused-ring (bicyclic) bond motifs is 1. The molecule has 1 amide bonds. The molecule has 1 N–H and O–H groups in total. The first kappa shape index (κ1) is 17.1. The Hall–Kier alpha value is -2.73. The second-order valence-corrected chi connectivity index (χ2v) is 5.66. The van der Waals surface area contributed by atoms with E-state index in [2.05, 4.69) is 5.32 Å². The molecule has 0 unspecified atom stereocenters. The van der Waals surface area contributed by atoms with Crippen LogP contribution < -0.4 is 5.32 Å². The van der Waals surface area contributed by atoms with E-state index in [4.69, 9.17) is 4.74 Å². The lowest BCUT2D eigenvalue weighted by Gasteiger charge is -2.09. The number of hydrogen-bond acceptors (Lipinski definition) is 2. The van der Waals surface area contributed by atoms with Gasteiger partial charge in [0.05, 0.1) is 6.61 Å². The first-order chi connectivity index (χ1) is 12.1. The quantitative estimate of drug-likeness (QED) is 0.744. The average Bonchev–Trinajstić information content (AvgIpc) is 3.01. The molecule has 0 fully saturated rings. The molecular weight excluding hydrogens is 326 g/mol. The summed E-state index contributed by atoms with van der Waals surface area (Å²) < 4.78 is 34.3. The molecule has 0 radical (unpaired) electrons. The lowest BCUT2D eigenvalue weighted by atomic mass is 10.1. The molecule has 3 aromatic rings. The van der Waals surface area contributed by atoms with Crippen LogP contribution in [0.1, 0.15) is 15.9 Å². The number of rotatable bonds is 6. The van der Waals surface area contributed by atoms with Gasteiger partial charge in [-0.3, -0.25) is 4.79 Å². The number of carbonyl (C=O) groups is 1. The number of methoxy groups -OCH3 is 1. The number of amides is 1. The molecule has 130 valence electrons. The first-order valence-electron chi connectivity index (χ1n) is 7.89. The predicted octanol–water partition coefficient (Wildman–Crippen LogP) is 3.50. The van der Waals surface area contributed by atoms with E-state index in [9.17, 15) is 13.6 Å². The Morgan fingerprint density at radius 3 is 2.64 bits per heavy atom. The van der Waals surface area contributed by atoms with Gasteiger partial charge in [-0.25, -0.2) is 8.78 Å². The Morgan fingerprint density at radius 1 is 1.16 bits per heavy atom. The lowest BCUT2D eigenvalue weighted by molar-refractivity contribution is 0.0950. The van der Waals surface area contributed by atoms with Gasteiger partial charge in [-0.1, -0.05) is 12.1 Å². The molecule has 0 bridgehead atoms. The maximum Gasteiger partial charge on any atom is 0.251 e. The molecule has 2 aromatic carbocycles. The molecule has 6 heteroatoms. The molecule has 0 aliphatic rings. The normalized spacial score (nSPS) is 11.0. The van der Waals surface area contributed by atoms with Crippen LogP contribution in [0.5, 0.6) is 0 Å². The minimum Gasteiger partial charge on any atom is -0.383 e. The molecule has 3 rings (SSSR count). The van der Waals surface area contributed by atoms with E-state index in [0.29, 0.717) is 18.7 Å². The smallest absolute Gasteiger partial charge is 0.251 e. The highest BCUT2D eigenvalue weighted by Gasteiger charge is 2.12. The lowest BCUT2D eigenvalue weighted by Crippen LogP contribution is -2.24. The third kappa shape index (κ3) is 3.69. The molecule has 0 saturated carbocycles. The van der Waals surface area contributed by atoms with E-state index >= 15 is 0 Å². The summed E-state index contributed by atoms with van der Waals surface area (Å²) in [7, 11) is 1.63. The van der Waals surface area contributed by atoms with Crippen molar-refractivity contribution in [3.63, 3.8) is 0 Å². The van der Waals surface area contributed by atoms with Crippen LogP contribution in [0.2, 0.25) is 0 Å². The van der Waals surface area contributed by atoms with Gasteiger partial charge in [0.15, 0.2) is 0 Å². The van der Waals surface area contributed by atoms with Gasteiger partial charge in [0, 0.05) is 43.0 Å². The van der Waals surface area contributed by atoms with Gasteiger partial charge in [0.1, 0.15) is 11.6 Å². The van der Waals surface area contributed by atoms with E-state index in [-0.39, 0.29) is 18.0 Å². The monoisotopic (exact) mass is 344 g/mol. The van der Waals surface area contributed by atoms with Crippen molar-refractivity contribution in [2.75, 3.05) is 13.7 Å². The molecule has 25 heavy (non-hydrogen) atoms. The SMILES string of the molecule is COCCn1ccc2ccc(C(=O)NCc3c(F)cccc3F)cc21. The highest BCUT2D eigenvalue weighted by Crippen LogP contribution is 2.18. The van der Waals surface area contributed by atoms with Gasteiger partial charge in [0.2, 0.25) is 0 Å². The van der Waals surface area contributed by atoms with Gasteiger partial charge in [0.25, 0.3) is 5.91 Å². The molecule has 4 nitrogen and oxygen atoms in total. The van der Waals surface area contributed by atoms with E-state index < -0.39 is 11.6 Å². The number of benzene rings is 2. The van der Waals surface area contributed by atoms with Crippen LogP contribution in [0.4, 0.5) is 8.78 Å². The Balaban J connectivity index is 1.77. The minimum atomic E-state index is -0.677. The van der Waals surface area contributed by atoms with Crippen molar-refractivity contribution in [1.82, 2.24) is 9.88 Å². The summed E-state index contributed by atoms with van der Waals surface area (Å²) in [5.41, 5.74) is 1.18. The van der Waals surface area contributed by atoms with Crippen LogP contribution in [-0.2, 0) is 17.8 Å². The zero-order valence-corrected chi connectivity index (χ0v) is 13.8. The van der Waals surface area contributed by atoms with Crippen molar-refractivity contribution in [3.05, 3.63) is 71.4 Å². The highest BCUT2D eigenvalue weighted by molar-refractivity contribution is 5.98. The second-order valence-electron chi connectivity index (χ2n) is 5.66. The van der Waals surface area contributed by atoms with Gasteiger partial charge in [-0.05, 0) is 35.7 Å². The van der Waals surface area contributed by atoms with Crippen molar-refractivity contribution >= 4 is 16.8 Å². The summed E-state index contributed by atoms with van der Waals surface area (Å²) in [6.45, 7) is 1.03. The average molecular weight is 344 g/mol. The predicted molar refractivity (Wildman–Crippen MR) is 91.3 cm³/mol. The Labute approximate surface area is 144 Å². The number of aromatic nitrogens is 1. The second kappa shape index (κ2) is 7.44.